The van der Waals surface area contributed by atoms with Gasteiger partial charge in [-0.2, -0.15) is 0 Å². The molecule has 1 aromatic heterocycles. The first kappa shape index (κ1) is 20.3. The first-order valence-corrected chi connectivity index (χ1v) is 9.72. The van der Waals surface area contributed by atoms with Crippen LogP contribution < -0.4 is 10.5 Å². The van der Waals surface area contributed by atoms with Crippen LogP contribution in [0, 0.1) is 6.92 Å². The summed E-state index contributed by atoms with van der Waals surface area (Å²) in [5.41, 5.74) is 3.41. The Balaban J connectivity index is 2.29. The number of benzene rings is 1. The average Bonchev–Trinajstić information content (AvgIpc) is 2.59. The van der Waals surface area contributed by atoms with Crippen LogP contribution >= 0.6 is 0 Å². The number of rotatable bonds is 8. The van der Waals surface area contributed by atoms with Crippen LogP contribution in [0.4, 0.5) is 11.6 Å². The molecule has 0 spiro atoms. The summed E-state index contributed by atoms with van der Waals surface area (Å²) in [6.45, 7) is 9.43. The van der Waals surface area contributed by atoms with Gasteiger partial charge in [0.25, 0.3) is 0 Å². The van der Waals surface area contributed by atoms with Gasteiger partial charge in [-0.3, -0.25) is 0 Å². The summed E-state index contributed by atoms with van der Waals surface area (Å²) in [6, 6.07) is 8.65. The van der Waals surface area contributed by atoms with Gasteiger partial charge < -0.3 is 10.1 Å². The van der Waals surface area contributed by atoms with Gasteiger partial charge in [-0.1, -0.05) is 31.4 Å². The summed E-state index contributed by atoms with van der Waals surface area (Å²) in [6.07, 6.45) is 3.40. The molecule has 0 aliphatic rings. The fourth-order valence-electron chi connectivity index (χ4n) is 2.36. The second-order valence-corrected chi connectivity index (χ2v) is 7.41. The van der Waals surface area contributed by atoms with Crippen molar-refractivity contribution in [2.24, 2.45) is 5.14 Å². The number of aromatic nitrogens is 2. The Morgan fingerprint density at radius 2 is 1.96 bits per heavy atom. The Hall–Kier alpha value is -2.97. The van der Waals surface area contributed by atoms with E-state index in [1.165, 1.54) is 7.11 Å². The molecule has 2 rings (SSSR count). The molecule has 0 fully saturated rings. The smallest absolute Gasteiger partial charge is 0.227 e. The molecule has 2 aromatic rings. The maximum atomic E-state index is 11.2. The third kappa shape index (κ3) is 6.05. The minimum Gasteiger partial charge on any atom is -0.497 e. The fraction of sp³-hybridized carbons (Fsp3) is 0.158. The van der Waals surface area contributed by atoms with Crippen molar-refractivity contribution in [2.75, 3.05) is 12.4 Å². The molecule has 27 heavy (non-hydrogen) atoms. The molecule has 0 bridgehead atoms. The quantitative estimate of drug-likeness (QED) is 0.533. The molecule has 1 aromatic carbocycles. The van der Waals surface area contributed by atoms with Crippen molar-refractivity contribution in [1.82, 2.24) is 9.97 Å². The Kier molecular flexibility index (Phi) is 6.49. The number of nitrogens with zero attached hydrogens (tertiary/aromatic N) is 2. The van der Waals surface area contributed by atoms with Crippen molar-refractivity contribution in [2.45, 2.75) is 12.7 Å². The van der Waals surface area contributed by atoms with Crippen molar-refractivity contribution >= 4 is 27.2 Å². The number of hydrogen-bond donors (Lipinski definition) is 2. The van der Waals surface area contributed by atoms with Gasteiger partial charge in [-0.15, -0.1) is 0 Å². The third-order valence-electron chi connectivity index (χ3n) is 3.54. The van der Waals surface area contributed by atoms with Gasteiger partial charge in [-0.05, 0) is 36.8 Å². The molecule has 0 atom stereocenters. The minimum atomic E-state index is -3.57. The number of anilines is 2. The zero-order valence-electron chi connectivity index (χ0n) is 15.3. The molecule has 142 valence electrons. The van der Waals surface area contributed by atoms with Gasteiger partial charge in [0.2, 0.25) is 16.0 Å². The van der Waals surface area contributed by atoms with Crippen molar-refractivity contribution in [3.63, 3.8) is 0 Å². The number of ether oxygens (including phenoxy) is 1. The van der Waals surface area contributed by atoms with E-state index in [9.17, 15) is 8.42 Å². The van der Waals surface area contributed by atoms with Crippen LogP contribution in [0.5, 0.6) is 0 Å². The van der Waals surface area contributed by atoms with Crippen LogP contribution in [-0.2, 0) is 20.5 Å². The van der Waals surface area contributed by atoms with Crippen LogP contribution in [-0.4, -0.2) is 25.5 Å². The first-order chi connectivity index (χ1) is 12.7. The predicted octanol–water partition coefficient (Wildman–Crippen LogP) is 3.05. The number of sulfonamides is 1. The van der Waals surface area contributed by atoms with Crippen LogP contribution in [0.15, 0.2) is 61.4 Å². The van der Waals surface area contributed by atoms with E-state index in [-0.39, 0.29) is 5.75 Å². The molecule has 0 amide bonds. The van der Waals surface area contributed by atoms with Gasteiger partial charge >= 0.3 is 0 Å². The zero-order valence-corrected chi connectivity index (χ0v) is 16.1. The highest BCUT2D eigenvalue weighted by Crippen LogP contribution is 2.23. The van der Waals surface area contributed by atoms with E-state index in [2.05, 4.69) is 28.4 Å². The number of primary sulfonamides is 1. The highest BCUT2D eigenvalue weighted by Gasteiger charge is 2.11. The minimum absolute atomic E-state index is 0.215. The molecular weight excluding hydrogens is 364 g/mol. The van der Waals surface area contributed by atoms with Crippen LogP contribution in [0.1, 0.15) is 17.0 Å². The number of aryl methyl sites for hydroxylation is 1. The monoisotopic (exact) mass is 386 g/mol. The normalized spacial score (nSPS) is 11.7. The van der Waals surface area contributed by atoms with Crippen LogP contribution in [0.2, 0.25) is 0 Å². The SMILES string of the molecule is C=C/C=C(\C(=C)OC)c1cc(C)nc(Nc2ccc(CS(N)(=O)=O)cc2)n1. The molecule has 0 saturated heterocycles. The lowest BCUT2D eigenvalue weighted by Gasteiger charge is -2.12. The molecule has 3 N–H and O–H groups in total. The van der Waals surface area contributed by atoms with E-state index >= 15 is 0 Å². The molecule has 8 heteroatoms. The lowest BCUT2D eigenvalue weighted by Crippen LogP contribution is -2.14. The molecule has 0 unspecified atom stereocenters. The Labute approximate surface area is 159 Å². The molecule has 0 radical (unpaired) electrons. The highest BCUT2D eigenvalue weighted by molar-refractivity contribution is 7.88. The molecule has 0 aliphatic heterocycles. The summed E-state index contributed by atoms with van der Waals surface area (Å²) in [5.74, 6) is 0.641. The van der Waals surface area contributed by atoms with Gasteiger partial charge in [-0.25, -0.2) is 23.5 Å². The molecular formula is C19H22N4O3S. The standard InChI is InChI=1S/C19H22N4O3S/c1-5-6-17(14(3)26-4)18-11-13(2)21-19(23-18)22-16-9-7-15(8-10-16)12-27(20,24)25/h5-11H,1,3,12H2,2,4H3,(H2,20,24,25)(H,21,22,23)/b17-6+. The summed E-state index contributed by atoms with van der Waals surface area (Å²) in [4.78, 5) is 8.88. The number of nitrogens with one attached hydrogen (secondary N) is 1. The van der Waals surface area contributed by atoms with Crippen LogP contribution in [0.3, 0.4) is 0 Å². The van der Waals surface area contributed by atoms with E-state index in [0.29, 0.717) is 34.2 Å². The van der Waals surface area contributed by atoms with E-state index in [1.807, 2.05) is 13.0 Å². The number of nitrogens with two attached hydrogens (primary N) is 1. The third-order valence-corrected chi connectivity index (χ3v) is 4.28. The van der Waals surface area contributed by atoms with Crippen molar-refractivity contribution in [1.29, 1.82) is 0 Å². The van der Waals surface area contributed by atoms with Crippen LogP contribution in [0.25, 0.3) is 5.57 Å². The summed E-state index contributed by atoms with van der Waals surface area (Å²) in [5, 5.41) is 8.16. The van der Waals surface area contributed by atoms with E-state index in [0.717, 1.165) is 5.69 Å². The molecule has 1 heterocycles. The fourth-order valence-corrected chi connectivity index (χ4v) is 3.01. The largest absolute Gasteiger partial charge is 0.497 e. The van der Waals surface area contributed by atoms with Gasteiger partial charge in [0.05, 0.1) is 18.6 Å². The summed E-state index contributed by atoms with van der Waals surface area (Å²) >= 11 is 0. The Bertz CT molecular complexity index is 981. The highest BCUT2D eigenvalue weighted by atomic mass is 32.2. The van der Waals surface area contributed by atoms with Crippen molar-refractivity contribution < 1.29 is 13.2 Å². The number of hydrogen-bond acceptors (Lipinski definition) is 6. The summed E-state index contributed by atoms with van der Waals surface area (Å²) in [7, 11) is -2.03. The maximum Gasteiger partial charge on any atom is 0.227 e. The van der Waals surface area contributed by atoms with Crippen molar-refractivity contribution in [3.8, 4) is 0 Å². The number of allylic oxidation sites excluding steroid dienone is 3. The Morgan fingerprint density at radius 1 is 1.30 bits per heavy atom. The van der Waals surface area contributed by atoms with Crippen molar-refractivity contribution in [3.05, 3.63) is 78.4 Å². The van der Waals surface area contributed by atoms with E-state index in [1.54, 1.807) is 36.4 Å². The van der Waals surface area contributed by atoms with E-state index in [4.69, 9.17) is 9.88 Å². The second-order valence-electron chi connectivity index (χ2n) is 5.79. The first-order valence-electron chi connectivity index (χ1n) is 8.00. The van der Waals surface area contributed by atoms with Gasteiger partial charge in [0.15, 0.2) is 0 Å². The maximum absolute atomic E-state index is 11.2. The molecule has 0 saturated carbocycles. The Morgan fingerprint density at radius 3 is 2.52 bits per heavy atom. The van der Waals surface area contributed by atoms with E-state index < -0.39 is 10.0 Å². The lowest BCUT2D eigenvalue weighted by molar-refractivity contribution is 0.312. The molecule has 7 nitrogen and oxygen atoms in total. The van der Waals surface area contributed by atoms with Gasteiger partial charge in [0, 0.05) is 17.0 Å². The lowest BCUT2D eigenvalue weighted by atomic mass is 10.1. The average molecular weight is 386 g/mol. The second kappa shape index (κ2) is 8.61. The summed E-state index contributed by atoms with van der Waals surface area (Å²) < 4.78 is 27.5. The zero-order chi connectivity index (χ0) is 20.0. The number of methoxy groups -OCH3 is 1. The molecule has 0 aliphatic carbocycles. The predicted molar refractivity (Wildman–Crippen MR) is 108 cm³/mol. The van der Waals surface area contributed by atoms with Gasteiger partial charge in [0.1, 0.15) is 5.76 Å². The topological polar surface area (TPSA) is 107 Å².